The molecule has 0 radical (unpaired) electrons. The van der Waals surface area contributed by atoms with Crippen LogP contribution in [-0.2, 0) is 13.0 Å². The molecule has 0 aliphatic heterocycles. The van der Waals surface area contributed by atoms with E-state index >= 15 is 0 Å². The molecule has 0 aromatic heterocycles. The van der Waals surface area contributed by atoms with Crippen LogP contribution in [0, 0.1) is 0 Å². The second kappa shape index (κ2) is 4.67. The van der Waals surface area contributed by atoms with Crippen LogP contribution in [-0.4, -0.2) is 12.2 Å². The van der Waals surface area contributed by atoms with Gasteiger partial charge in [-0.25, -0.2) is 0 Å². The van der Waals surface area contributed by atoms with E-state index in [0.29, 0.717) is 0 Å². The van der Waals surface area contributed by atoms with Gasteiger partial charge in [-0.2, -0.15) is 0 Å². The third kappa shape index (κ3) is 2.33. The Morgan fingerprint density at radius 2 is 2.23 bits per heavy atom. The fourth-order valence-corrected chi connectivity index (χ4v) is 1.23. The van der Waals surface area contributed by atoms with Gasteiger partial charge in [-0.3, -0.25) is 0 Å². The number of rotatable bonds is 4. The summed E-state index contributed by atoms with van der Waals surface area (Å²) >= 11 is 0. The summed E-state index contributed by atoms with van der Waals surface area (Å²) in [5, 5.41) is 9.08. The fourth-order valence-electron chi connectivity index (χ4n) is 1.23. The van der Waals surface area contributed by atoms with E-state index in [-0.39, 0.29) is 6.61 Å². The zero-order valence-corrected chi connectivity index (χ0v) is 7.79. The number of methoxy groups -OCH3 is 1. The Morgan fingerprint density at radius 1 is 1.46 bits per heavy atom. The van der Waals surface area contributed by atoms with Crippen LogP contribution in [0.3, 0.4) is 0 Å². The molecule has 1 aromatic rings. The molecule has 0 heterocycles. The van der Waals surface area contributed by atoms with Gasteiger partial charge in [-0.05, 0) is 29.7 Å². The molecule has 1 aromatic carbocycles. The SMILES string of the molecule is C=CCc1ccc(OC)cc1CO. The Kier molecular flexibility index (Phi) is 3.53. The van der Waals surface area contributed by atoms with Crippen LogP contribution in [0.15, 0.2) is 30.9 Å². The van der Waals surface area contributed by atoms with E-state index in [1.54, 1.807) is 7.11 Å². The summed E-state index contributed by atoms with van der Waals surface area (Å²) in [7, 11) is 1.61. The van der Waals surface area contributed by atoms with Crippen molar-refractivity contribution in [2.75, 3.05) is 7.11 Å². The highest BCUT2D eigenvalue weighted by atomic mass is 16.5. The van der Waals surface area contributed by atoms with E-state index in [1.807, 2.05) is 24.3 Å². The van der Waals surface area contributed by atoms with Gasteiger partial charge in [0, 0.05) is 0 Å². The van der Waals surface area contributed by atoms with Gasteiger partial charge in [0.05, 0.1) is 13.7 Å². The first kappa shape index (κ1) is 9.81. The van der Waals surface area contributed by atoms with Gasteiger partial charge in [-0.1, -0.05) is 12.1 Å². The number of aliphatic hydroxyl groups excluding tert-OH is 1. The van der Waals surface area contributed by atoms with Gasteiger partial charge in [0.2, 0.25) is 0 Å². The largest absolute Gasteiger partial charge is 0.497 e. The first-order valence-electron chi connectivity index (χ1n) is 4.19. The molecule has 70 valence electrons. The first-order chi connectivity index (χ1) is 6.31. The van der Waals surface area contributed by atoms with Gasteiger partial charge >= 0.3 is 0 Å². The minimum absolute atomic E-state index is 0.0420. The molecule has 0 saturated heterocycles. The number of aliphatic hydroxyl groups is 1. The Bertz CT molecular complexity index is 292. The highest BCUT2D eigenvalue weighted by molar-refractivity contribution is 5.36. The van der Waals surface area contributed by atoms with E-state index in [9.17, 15) is 0 Å². The van der Waals surface area contributed by atoms with Gasteiger partial charge in [0.25, 0.3) is 0 Å². The molecule has 0 aliphatic rings. The highest BCUT2D eigenvalue weighted by Gasteiger charge is 2.01. The monoisotopic (exact) mass is 178 g/mol. The van der Waals surface area contributed by atoms with Gasteiger partial charge in [0.15, 0.2) is 0 Å². The minimum atomic E-state index is 0.0420. The average Bonchev–Trinajstić information content (AvgIpc) is 2.19. The first-order valence-corrected chi connectivity index (χ1v) is 4.19. The third-order valence-electron chi connectivity index (χ3n) is 1.95. The minimum Gasteiger partial charge on any atom is -0.497 e. The van der Waals surface area contributed by atoms with Crippen LogP contribution >= 0.6 is 0 Å². The Labute approximate surface area is 78.5 Å². The molecule has 2 nitrogen and oxygen atoms in total. The molecule has 0 spiro atoms. The zero-order valence-electron chi connectivity index (χ0n) is 7.79. The molecule has 0 saturated carbocycles. The van der Waals surface area contributed by atoms with Crippen molar-refractivity contribution in [2.45, 2.75) is 13.0 Å². The third-order valence-corrected chi connectivity index (χ3v) is 1.95. The van der Waals surface area contributed by atoms with Crippen molar-refractivity contribution in [1.82, 2.24) is 0 Å². The smallest absolute Gasteiger partial charge is 0.119 e. The molecule has 1 rings (SSSR count). The van der Waals surface area contributed by atoms with Crippen molar-refractivity contribution < 1.29 is 9.84 Å². The highest BCUT2D eigenvalue weighted by Crippen LogP contribution is 2.18. The van der Waals surface area contributed by atoms with E-state index < -0.39 is 0 Å². The van der Waals surface area contributed by atoms with Crippen LogP contribution in [0.4, 0.5) is 0 Å². The van der Waals surface area contributed by atoms with Crippen LogP contribution in [0.5, 0.6) is 5.75 Å². The lowest BCUT2D eigenvalue weighted by molar-refractivity contribution is 0.280. The van der Waals surface area contributed by atoms with Crippen LogP contribution in [0.1, 0.15) is 11.1 Å². The predicted molar refractivity (Wildman–Crippen MR) is 52.8 cm³/mol. The van der Waals surface area contributed by atoms with Crippen molar-refractivity contribution in [3.05, 3.63) is 42.0 Å². The number of allylic oxidation sites excluding steroid dienone is 1. The Balaban J connectivity index is 3.00. The van der Waals surface area contributed by atoms with Crippen LogP contribution in [0.2, 0.25) is 0 Å². The van der Waals surface area contributed by atoms with Crippen LogP contribution < -0.4 is 4.74 Å². The van der Waals surface area contributed by atoms with Crippen molar-refractivity contribution >= 4 is 0 Å². The number of hydrogen-bond acceptors (Lipinski definition) is 2. The van der Waals surface area contributed by atoms with Gasteiger partial charge < -0.3 is 9.84 Å². The molecule has 1 N–H and O–H groups in total. The molecular formula is C11H14O2. The summed E-state index contributed by atoms with van der Waals surface area (Å²) in [6.45, 7) is 3.70. The van der Waals surface area contributed by atoms with Crippen molar-refractivity contribution in [3.8, 4) is 5.75 Å². The van der Waals surface area contributed by atoms with Crippen LogP contribution in [0.25, 0.3) is 0 Å². The second-order valence-electron chi connectivity index (χ2n) is 2.79. The summed E-state index contributed by atoms with van der Waals surface area (Å²) in [4.78, 5) is 0. The molecular weight excluding hydrogens is 164 g/mol. The molecule has 13 heavy (non-hydrogen) atoms. The predicted octanol–water partition coefficient (Wildman–Crippen LogP) is 1.92. The maximum Gasteiger partial charge on any atom is 0.119 e. The van der Waals surface area contributed by atoms with Gasteiger partial charge in [0.1, 0.15) is 5.75 Å². The van der Waals surface area contributed by atoms with E-state index in [0.717, 1.165) is 23.3 Å². The van der Waals surface area contributed by atoms with E-state index in [2.05, 4.69) is 6.58 Å². The van der Waals surface area contributed by atoms with Crippen molar-refractivity contribution in [2.24, 2.45) is 0 Å². The Hall–Kier alpha value is -1.28. The van der Waals surface area contributed by atoms with Gasteiger partial charge in [-0.15, -0.1) is 6.58 Å². The number of benzene rings is 1. The molecule has 0 bridgehead atoms. The lowest BCUT2D eigenvalue weighted by Gasteiger charge is -2.07. The Morgan fingerprint density at radius 3 is 2.77 bits per heavy atom. The number of ether oxygens (including phenoxy) is 1. The fraction of sp³-hybridized carbons (Fsp3) is 0.273. The maximum absolute atomic E-state index is 9.08. The number of hydrogen-bond donors (Lipinski definition) is 1. The molecule has 2 heteroatoms. The summed E-state index contributed by atoms with van der Waals surface area (Å²) in [6.07, 6.45) is 2.60. The molecule has 0 aliphatic carbocycles. The quantitative estimate of drug-likeness (QED) is 0.714. The zero-order chi connectivity index (χ0) is 9.68. The molecule has 0 atom stereocenters. The summed E-state index contributed by atoms with van der Waals surface area (Å²) in [5.74, 6) is 0.775. The normalized spacial score (nSPS) is 9.69. The second-order valence-corrected chi connectivity index (χ2v) is 2.79. The average molecular weight is 178 g/mol. The molecule has 0 unspecified atom stereocenters. The maximum atomic E-state index is 9.08. The standard InChI is InChI=1S/C11H14O2/c1-3-4-9-5-6-11(13-2)7-10(9)8-12/h3,5-7,12H,1,4,8H2,2H3. The molecule has 0 amide bonds. The van der Waals surface area contributed by atoms with E-state index in [1.165, 1.54) is 0 Å². The summed E-state index contributed by atoms with van der Waals surface area (Å²) in [6, 6.07) is 5.68. The molecule has 0 fully saturated rings. The lowest BCUT2D eigenvalue weighted by Crippen LogP contribution is -1.94. The summed E-state index contributed by atoms with van der Waals surface area (Å²) in [5.41, 5.74) is 2.00. The van der Waals surface area contributed by atoms with E-state index in [4.69, 9.17) is 9.84 Å². The van der Waals surface area contributed by atoms with Crippen molar-refractivity contribution in [3.63, 3.8) is 0 Å². The van der Waals surface area contributed by atoms with Crippen molar-refractivity contribution in [1.29, 1.82) is 0 Å². The lowest BCUT2D eigenvalue weighted by atomic mass is 10.0. The summed E-state index contributed by atoms with van der Waals surface area (Å²) < 4.78 is 5.05. The topological polar surface area (TPSA) is 29.5 Å².